The molecule has 0 aromatic carbocycles. The minimum atomic E-state index is -5.08. The maximum atomic E-state index is 10.6. The van der Waals surface area contributed by atoms with Crippen LogP contribution in [0.25, 0.3) is 0 Å². The molecular formula is CCuF3O2S. The topological polar surface area (TPSA) is 40.1 Å². The van der Waals surface area contributed by atoms with Crippen molar-refractivity contribution in [3.8, 4) is 0 Å². The third-order valence-electron chi connectivity index (χ3n) is 0.189. The van der Waals surface area contributed by atoms with Crippen LogP contribution < -0.4 is 0 Å². The molecule has 1 unspecified atom stereocenters. The molecule has 0 N–H and O–H groups in total. The maximum Gasteiger partial charge on any atom is 1.00 e. The first-order chi connectivity index (χ1) is 2.94. The van der Waals surface area contributed by atoms with Crippen molar-refractivity contribution in [1.29, 1.82) is 0 Å². The summed E-state index contributed by atoms with van der Waals surface area (Å²) < 4.78 is 49.5. The Kier molecular flexibility index (Phi) is 4.84. The van der Waals surface area contributed by atoms with Crippen LogP contribution >= 0.6 is 0 Å². The minimum absolute atomic E-state index is 0. The van der Waals surface area contributed by atoms with Gasteiger partial charge in [-0.2, -0.15) is 13.2 Å². The van der Waals surface area contributed by atoms with E-state index in [-0.39, 0.29) is 17.1 Å². The van der Waals surface area contributed by atoms with Crippen LogP contribution in [-0.2, 0) is 28.1 Å². The zero-order chi connectivity index (χ0) is 6.08. The third kappa shape index (κ3) is 4.58. The standard InChI is InChI=1S/CHF3O2S.Cu/c2-1(3,4)7(5)6;/h(H,5,6);/q;+1/p-1. The van der Waals surface area contributed by atoms with E-state index in [1.54, 1.807) is 0 Å². The van der Waals surface area contributed by atoms with Gasteiger partial charge in [-0.05, 0) is 0 Å². The Bertz CT molecular complexity index is 89.8. The van der Waals surface area contributed by atoms with E-state index in [9.17, 15) is 13.2 Å². The SMILES string of the molecule is O=S([O-])C(F)(F)F.[Cu+]. The average Bonchev–Trinajstić information content (AvgIpc) is 1.31. The molecule has 0 amide bonds. The van der Waals surface area contributed by atoms with Crippen LogP contribution in [0.1, 0.15) is 0 Å². The van der Waals surface area contributed by atoms with Gasteiger partial charge >= 0.3 is 22.6 Å². The van der Waals surface area contributed by atoms with Gasteiger partial charge in [0.2, 0.25) is 0 Å². The van der Waals surface area contributed by atoms with Gasteiger partial charge in [0.1, 0.15) is 0 Å². The molecule has 0 bridgehead atoms. The average molecular weight is 197 g/mol. The van der Waals surface area contributed by atoms with E-state index in [2.05, 4.69) is 0 Å². The number of alkyl halides is 3. The van der Waals surface area contributed by atoms with Crippen LogP contribution in [-0.4, -0.2) is 14.3 Å². The smallest absolute Gasteiger partial charge is 0.766 e. The van der Waals surface area contributed by atoms with Gasteiger partial charge < -0.3 is 4.55 Å². The molecule has 0 aromatic rings. The molecule has 1 atom stereocenters. The van der Waals surface area contributed by atoms with Gasteiger partial charge in [-0.3, -0.25) is 4.21 Å². The summed E-state index contributed by atoms with van der Waals surface area (Å²) in [6.45, 7) is 0. The van der Waals surface area contributed by atoms with Crippen LogP contribution in [0.4, 0.5) is 13.2 Å². The molecule has 0 saturated carbocycles. The Labute approximate surface area is 56.2 Å². The number of halogens is 3. The van der Waals surface area contributed by atoms with E-state index in [4.69, 9.17) is 8.76 Å². The van der Waals surface area contributed by atoms with E-state index < -0.39 is 16.6 Å². The maximum absolute atomic E-state index is 10.6. The van der Waals surface area contributed by atoms with Crippen molar-refractivity contribution >= 4 is 11.1 Å². The second-order valence-corrected chi connectivity index (χ2v) is 1.61. The van der Waals surface area contributed by atoms with Crippen molar-refractivity contribution in [1.82, 2.24) is 0 Å². The number of hydrogen-bond donors (Lipinski definition) is 0. The summed E-state index contributed by atoms with van der Waals surface area (Å²) in [5.74, 6) is 0. The second kappa shape index (κ2) is 3.45. The Balaban J connectivity index is 0. The molecule has 54 valence electrons. The molecule has 0 aliphatic carbocycles. The van der Waals surface area contributed by atoms with Crippen molar-refractivity contribution in [2.24, 2.45) is 0 Å². The van der Waals surface area contributed by atoms with Crippen molar-refractivity contribution in [3.05, 3.63) is 0 Å². The van der Waals surface area contributed by atoms with Crippen molar-refractivity contribution in [2.75, 3.05) is 0 Å². The molecule has 0 radical (unpaired) electrons. The molecule has 0 saturated heterocycles. The first-order valence-corrected chi connectivity index (χ1v) is 2.18. The van der Waals surface area contributed by atoms with Crippen LogP contribution in [0.2, 0.25) is 0 Å². The van der Waals surface area contributed by atoms with Gasteiger partial charge in [0.05, 0.1) is 11.1 Å². The quantitative estimate of drug-likeness (QED) is 0.415. The molecule has 8 heavy (non-hydrogen) atoms. The van der Waals surface area contributed by atoms with Crippen LogP contribution in [0.5, 0.6) is 0 Å². The first kappa shape index (κ1) is 11.2. The van der Waals surface area contributed by atoms with Gasteiger partial charge in [-0.15, -0.1) is 0 Å². The summed E-state index contributed by atoms with van der Waals surface area (Å²) in [6, 6.07) is 0. The molecule has 2 nitrogen and oxygen atoms in total. The van der Waals surface area contributed by atoms with Gasteiger partial charge in [0, 0.05) is 0 Å². The third-order valence-corrected chi connectivity index (χ3v) is 0.567. The second-order valence-electron chi connectivity index (χ2n) is 0.680. The molecule has 0 aromatic heterocycles. The molecule has 0 spiro atoms. The molecule has 0 heterocycles. The van der Waals surface area contributed by atoms with E-state index in [1.165, 1.54) is 0 Å². The molecule has 0 aliphatic heterocycles. The summed E-state index contributed by atoms with van der Waals surface area (Å²) in [4.78, 5) is 0. The summed E-state index contributed by atoms with van der Waals surface area (Å²) in [6.07, 6.45) is 0. The number of rotatable bonds is 0. The number of hydrogen-bond acceptors (Lipinski definition) is 2. The normalized spacial score (nSPS) is 14.5. The van der Waals surface area contributed by atoms with Gasteiger partial charge in [-0.25, -0.2) is 0 Å². The van der Waals surface area contributed by atoms with Gasteiger partial charge in [-0.1, -0.05) is 0 Å². The Morgan fingerprint density at radius 3 is 1.50 bits per heavy atom. The zero-order valence-electron chi connectivity index (χ0n) is 3.16. The Hall–Kier alpha value is 0.419. The van der Waals surface area contributed by atoms with Crippen molar-refractivity contribution < 1.29 is 39.0 Å². The van der Waals surface area contributed by atoms with Crippen molar-refractivity contribution in [3.63, 3.8) is 0 Å². The van der Waals surface area contributed by atoms with Crippen LogP contribution in [0.15, 0.2) is 0 Å². The fraction of sp³-hybridized carbons (Fsp3) is 1.00. The minimum Gasteiger partial charge on any atom is -0.766 e. The molecule has 0 aliphatic rings. The summed E-state index contributed by atoms with van der Waals surface area (Å²) in [5, 5.41) is 0. The first-order valence-electron chi connectivity index (χ1n) is 1.10. The van der Waals surface area contributed by atoms with Crippen molar-refractivity contribution in [2.45, 2.75) is 5.51 Å². The molecule has 7 heteroatoms. The van der Waals surface area contributed by atoms with Crippen LogP contribution in [0.3, 0.4) is 0 Å². The van der Waals surface area contributed by atoms with E-state index in [1.807, 2.05) is 0 Å². The van der Waals surface area contributed by atoms with E-state index in [0.717, 1.165) is 0 Å². The summed E-state index contributed by atoms with van der Waals surface area (Å²) >= 11 is -3.93. The fourth-order valence-electron chi connectivity index (χ4n) is 0. The fourth-order valence-corrected chi connectivity index (χ4v) is 0. The zero-order valence-corrected chi connectivity index (χ0v) is 4.92. The Morgan fingerprint density at radius 2 is 1.50 bits per heavy atom. The monoisotopic (exact) mass is 196 g/mol. The van der Waals surface area contributed by atoms with E-state index >= 15 is 0 Å². The predicted octanol–water partition coefficient (Wildman–Crippen LogP) is 0.383. The molecule has 0 rings (SSSR count). The van der Waals surface area contributed by atoms with E-state index in [0.29, 0.717) is 0 Å². The van der Waals surface area contributed by atoms with Crippen LogP contribution in [0, 0.1) is 0 Å². The molecular weight excluding hydrogens is 197 g/mol. The predicted molar refractivity (Wildman–Crippen MR) is 15.0 cm³/mol. The largest absolute Gasteiger partial charge is 1.00 e. The summed E-state index contributed by atoms with van der Waals surface area (Å²) in [5.41, 5.74) is -5.08. The Morgan fingerprint density at radius 1 is 1.38 bits per heavy atom. The molecule has 0 fully saturated rings. The summed E-state index contributed by atoms with van der Waals surface area (Å²) in [7, 11) is 0. The van der Waals surface area contributed by atoms with Gasteiger partial charge in [0.25, 0.3) is 0 Å². The van der Waals surface area contributed by atoms with Gasteiger partial charge in [0.15, 0.2) is 0 Å².